The zero-order chi connectivity index (χ0) is 18.4. The Hall–Kier alpha value is -2.34. The molecule has 6 nitrogen and oxygen atoms in total. The van der Waals surface area contributed by atoms with Crippen molar-refractivity contribution in [1.82, 2.24) is 15.1 Å². The predicted octanol–water partition coefficient (Wildman–Crippen LogP) is 3.04. The molecule has 0 saturated carbocycles. The Labute approximate surface area is 149 Å². The number of carbonyl (C=O) groups is 1. The number of aromatic nitrogens is 2. The molecule has 0 saturated heterocycles. The standard InChI is InChI=1S/C19H28N4O2/c1-6-23-15(4)16(14(3)22-23)12-20-13(2)11-19(24)21-17-9-7-8-10-18(17)25-5/h7-10,13,20H,6,11-12H2,1-5H3,(H,21,24). The van der Waals surface area contributed by atoms with Gasteiger partial charge in [0.15, 0.2) is 0 Å². The summed E-state index contributed by atoms with van der Waals surface area (Å²) in [5.41, 5.74) is 4.12. The van der Waals surface area contributed by atoms with E-state index in [0.717, 1.165) is 12.2 Å². The van der Waals surface area contributed by atoms with Crippen molar-refractivity contribution in [3.63, 3.8) is 0 Å². The van der Waals surface area contributed by atoms with Crippen molar-refractivity contribution in [2.45, 2.75) is 53.2 Å². The molecule has 136 valence electrons. The summed E-state index contributed by atoms with van der Waals surface area (Å²) in [5.74, 6) is 0.622. The molecule has 1 heterocycles. The molecule has 2 N–H and O–H groups in total. The molecule has 0 aliphatic heterocycles. The highest BCUT2D eigenvalue weighted by Crippen LogP contribution is 2.23. The van der Waals surface area contributed by atoms with Gasteiger partial charge in [-0.05, 0) is 39.8 Å². The van der Waals surface area contributed by atoms with Crippen molar-refractivity contribution < 1.29 is 9.53 Å². The van der Waals surface area contributed by atoms with Gasteiger partial charge in [-0.3, -0.25) is 9.48 Å². The van der Waals surface area contributed by atoms with E-state index in [1.165, 1.54) is 11.3 Å². The molecule has 1 aromatic carbocycles. The molecule has 0 aliphatic rings. The summed E-state index contributed by atoms with van der Waals surface area (Å²) in [4.78, 5) is 12.3. The Morgan fingerprint density at radius 1 is 1.32 bits per heavy atom. The van der Waals surface area contributed by atoms with Crippen LogP contribution in [0.3, 0.4) is 0 Å². The molecule has 1 aromatic heterocycles. The normalized spacial score (nSPS) is 12.0. The van der Waals surface area contributed by atoms with Crippen molar-refractivity contribution in [1.29, 1.82) is 0 Å². The second-order valence-electron chi connectivity index (χ2n) is 6.20. The van der Waals surface area contributed by atoms with Crippen molar-refractivity contribution in [3.8, 4) is 5.75 Å². The number of nitrogens with zero attached hydrogens (tertiary/aromatic N) is 2. The summed E-state index contributed by atoms with van der Waals surface area (Å²) in [5, 5.41) is 10.8. The number of carbonyl (C=O) groups excluding carboxylic acids is 1. The predicted molar refractivity (Wildman–Crippen MR) is 99.9 cm³/mol. The lowest BCUT2D eigenvalue weighted by Crippen LogP contribution is -2.30. The van der Waals surface area contributed by atoms with Gasteiger partial charge >= 0.3 is 0 Å². The summed E-state index contributed by atoms with van der Waals surface area (Å²) in [6.45, 7) is 9.78. The molecule has 2 rings (SSSR count). The lowest BCUT2D eigenvalue weighted by Gasteiger charge is -2.15. The molecule has 0 radical (unpaired) electrons. The number of ether oxygens (including phenoxy) is 1. The van der Waals surface area contributed by atoms with E-state index in [1.807, 2.05) is 42.8 Å². The van der Waals surface area contributed by atoms with E-state index in [1.54, 1.807) is 7.11 Å². The van der Waals surface area contributed by atoms with E-state index in [9.17, 15) is 4.79 Å². The first-order valence-electron chi connectivity index (χ1n) is 8.65. The van der Waals surface area contributed by atoms with Crippen molar-refractivity contribution in [2.24, 2.45) is 0 Å². The molecular formula is C19H28N4O2. The van der Waals surface area contributed by atoms with Gasteiger partial charge in [0.25, 0.3) is 0 Å². The molecule has 0 fully saturated rings. The molecule has 6 heteroatoms. The van der Waals surface area contributed by atoms with Crippen molar-refractivity contribution in [2.75, 3.05) is 12.4 Å². The van der Waals surface area contributed by atoms with Gasteiger partial charge in [0.2, 0.25) is 5.91 Å². The van der Waals surface area contributed by atoms with E-state index < -0.39 is 0 Å². The number of amides is 1. The topological polar surface area (TPSA) is 68.2 Å². The van der Waals surface area contributed by atoms with Crippen molar-refractivity contribution >= 4 is 11.6 Å². The molecular weight excluding hydrogens is 316 g/mol. The number of methoxy groups -OCH3 is 1. The van der Waals surface area contributed by atoms with Crippen LogP contribution in [0.2, 0.25) is 0 Å². The van der Waals surface area contributed by atoms with Gasteiger partial charge in [0.05, 0.1) is 18.5 Å². The Morgan fingerprint density at radius 2 is 2.04 bits per heavy atom. The lowest BCUT2D eigenvalue weighted by atomic mass is 10.1. The molecule has 1 amide bonds. The van der Waals surface area contributed by atoms with E-state index in [2.05, 4.69) is 29.6 Å². The summed E-state index contributed by atoms with van der Waals surface area (Å²) in [6.07, 6.45) is 0.387. The SMILES string of the molecule is CCn1nc(C)c(CNC(C)CC(=O)Nc2ccccc2OC)c1C. The Morgan fingerprint density at radius 3 is 2.68 bits per heavy atom. The first-order chi connectivity index (χ1) is 12.0. The van der Waals surface area contributed by atoms with Crippen LogP contribution < -0.4 is 15.4 Å². The summed E-state index contributed by atoms with van der Waals surface area (Å²) in [7, 11) is 1.59. The lowest BCUT2D eigenvalue weighted by molar-refractivity contribution is -0.116. The minimum absolute atomic E-state index is 0.0396. The molecule has 1 unspecified atom stereocenters. The third-order valence-electron chi connectivity index (χ3n) is 4.33. The van der Waals surface area contributed by atoms with E-state index in [4.69, 9.17) is 4.74 Å². The van der Waals surface area contributed by atoms with Crippen LogP contribution in [0.25, 0.3) is 0 Å². The smallest absolute Gasteiger partial charge is 0.226 e. The number of nitrogens with one attached hydrogen (secondary N) is 2. The van der Waals surface area contributed by atoms with Crippen LogP contribution in [0.1, 0.15) is 37.2 Å². The monoisotopic (exact) mass is 344 g/mol. The Kier molecular flexibility index (Phi) is 6.58. The van der Waals surface area contributed by atoms with Crippen LogP contribution in [0.15, 0.2) is 24.3 Å². The van der Waals surface area contributed by atoms with Gasteiger partial charge in [-0.25, -0.2) is 0 Å². The second kappa shape index (κ2) is 8.67. The highest BCUT2D eigenvalue weighted by atomic mass is 16.5. The van der Waals surface area contributed by atoms with E-state index >= 15 is 0 Å². The van der Waals surface area contributed by atoms with Gasteiger partial charge in [0, 0.05) is 36.8 Å². The quantitative estimate of drug-likeness (QED) is 0.772. The number of hydrogen-bond acceptors (Lipinski definition) is 4. The third kappa shape index (κ3) is 4.82. The molecule has 0 spiro atoms. The average Bonchev–Trinajstić information content (AvgIpc) is 2.87. The minimum Gasteiger partial charge on any atom is -0.495 e. The van der Waals surface area contributed by atoms with Crippen LogP contribution in [-0.2, 0) is 17.9 Å². The van der Waals surface area contributed by atoms with Crippen molar-refractivity contribution in [3.05, 3.63) is 41.2 Å². The third-order valence-corrected chi connectivity index (χ3v) is 4.33. The molecule has 1 atom stereocenters. The maximum atomic E-state index is 12.3. The maximum Gasteiger partial charge on any atom is 0.226 e. The van der Waals surface area contributed by atoms with Crippen LogP contribution in [0, 0.1) is 13.8 Å². The van der Waals surface area contributed by atoms with Crippen LogP contribution in [0.5, 0.6) is 5.75 Å². The number of para-hydroxylation sites is 2. The van der Waals surface area contributed by atoms with Crippen LogP contribution in [-0.4, -0.2) is 28.8 Å². The Balaban J connectivity index is 1.89. The molecule has 0 aliphatic carbocycles. The number of benzene rings is 1. The van der Waals surface area contributed by atoms with Gasteiger partial charge in [0.1, 0.15) is 5.75 Å². The van der Waals surface area contributed by atoms with Gasteiger partial charge in [-0.1, -0.05) is 12.1 Å². The summed E-state index contributed by atoms with van der Waals surface area (Å²) < 4.78 is 7.26. The summed E-state index contributed by atoms with van der Waals surface area (Å²) in [6, 6.07) is 7.46. The van der Waals surface area contributed by atoms with E-state index in [0.29, 0.717) is 24.4 Å². The number of hydrogen-bond donors (Lipinski definition) is 2. The molecule has 2 aromatic rings. The fraction of sp³-hybridized carbons (Fsp3) is 0.474. The zero-order valence-corrected chi connectivity index (χ0v) is 15.7. The van der Waals surface area contributed by atoms with Gasteiger partial charge in [-0.2, -0.15) is 5.10 Å². The zero-order valence-electron chi connectivity index (χ0n) is 15.7. The maximum absolute atomic E-state index is 12.3. The van der Waals surface area contributed by atoms with E-state index in [-0.39, 0.29) is 11.9 Å². The fourth-order valence-electron chi connectivity index (χ4n) is 2.87. The number of rotatable bonds is 8. The fourth-order valence-corrected chi connectivity index (χ4v) is 2.87. The number of anilines is 1. The number of aryl methyl sites for hydroxylation is 2. The summed E-state index contributed by atoms with van der Waals surface area (Å²) >= 11 is 0. The van der Waals surface area contributed by atoms with Gasteiger partial charge in [-0.15, -0.1) is 0 Å². The second-order valence-corrected chi connectivity index (χ2v) is 6.20. The first kappa shape index (κ1) is 19.0. The first-order valence-corrected chi connectivity index (χ1v) is 8.65. The largest absolute Gasteiger partial charge is 0.495 e. The minimum atomic E-state index is -0.0396. The van der Waals surface area contributed by atoms with Gasteiger partial charge < -0.3 is 15.4 Å². The molecule has 0 bridgehead atoms. The average molecular weight is 344 g/mol. The highest BCUT2D eigenvalue weighted by Gasteiger charge is 2.14. The van der Waals surface area contributed by atoms with Crippen LogP contribution >= 0.6 is 0 Å². The molecule has 25 heavy (non-hydrogen) atoms. The van der Waals surface area contributed by atoms with Crippen LogP contribution in [0.4, 0.5) is 5.69 Å². The Bertz CT molecular complexity index is 724. The highest BCUT2D eigenvalue weighted by molar-refractivity contribution is 5.92.